The maximum Gasteiger partial charge on any atom is 0.326 e. The minimum Gasteiger partial charge on any atom is -0.480 e. The van der Waals surface area contributed by atoms with Crippen LogP contribution in [-0.2, 0) is 19.2 Å². The number of carboxylic acids is 1. The molecule has 0 aromatic carbocycles. The third kappa shape index (κ3) is 9.07. The maximum atomic E-state index is 12.6. The van der Waals surface area contributed by atoms with Gasteiger partial charge in [-0.15, -0.1) is 0 Å². The molecule has 0 aromatic rings. The molecule has 1 aliphatic heterocycles. The second-order valence-electron chi connectivity index (χ2n) is 7.50. The first-order valence-corrected chi connectivity index (χ1v) is 10.0. The summed E-state index contributed by atoms with van der Waals surface area (Å²) in [5.41, 5.74) is 10.6. The van der Waals surface area contributed by atoms with Crippen LogP contribution in [0.5, 0.6) is 0 Å². The van der Waals surface area contributed by atoms with Crippen molar-refractivity contribution in [3.05, 3.63) is 0 Å². The topological polar surface area (TPSA) is 201 Å². The predicted octanol–water partition coefficient (Wildman–Crippen LogP) is -2.38. The molecule has 0 bridgehead atoms. The third-order valence-corrected chi connectivity index (χ3v) is 4.63. The van der Waals surface area contributed by atoms with E-state index in [1.165, 1.54) is 0 Å². The minimum absolute atomic E-state index is 0.0648. The third-order valence-electron chi connectivity index (χ3n) is 4.63. The van der Waals surface area contributed by atoms with Crippen LogP contribution in [0, 0.1) is 5.92 Å². The molecule has 1 rings (SSSR count). The van der Waals surface area contributed by atoms with Gasteiger partial charge in [0.05, 0.1) is 12.6 Å². The van der Waals surface area contributed by atoms with E-state index < -0.39 is 36.4 Å². The maximum absolute atomic E-state index is 12.6. The lowest BCUT2D eigenvalue weighted by molar-refractivity contribution is -0.143. The lowest BCUT2D eigenvalue weighted by Gasteiger charge is -2.21. The Morgan fingerprint density at radius 3 is 2.43 bits per heavy atom. The van der Waals surface area contributed by atoms with Crippen molar-refractivity contribution in [2.45, 2.75) is 57.7 Å². The van der Waals surface area contributed by atoms with E-state index in [9.17, 15) is 19.2 Å². The van der Waals surface area contributed by atoms with E-state index >= 15 is 0 Å². The van der Waals surface area contributed by atoms with Crippen LogP contribution in [0.4, 0.5) is 0 Å². The molecule has 30 heavy (non-hydrogen) atoms. The summed E-state index contributed by atoms with van der Waals surface area (Å²) in [6.07, 6.45) is 2.27. The smallest absolute Gasteiger partial charge is 0.326 e. The Labute approximate surface area is 175 Å². The normalized spacial score (nSPS) is 17.6. The van der Waals surface area contributed by atoms with Crippen molar-refractivity contribution < 1.29 is 24.3 Å². The molecule has 12 nitrogen and oxygen atoms in total. The fourth-order valence-electron chi connectivity index (χ4n) is 2.98. The van der Waals surface area contributed by atoms with Gasteiger partial charge in [-0.05, 0) is 38.1 Å². The first-order chi connectivity index (χ1) is 14.1. The molecule has 170 valence electrons. The summed E-state index contributed by atoms with van der Waals surface area (Å²) in [6.45, 7) is 3.95. The monoisotopic (exact) mass is 427 g/mol. The van der Waals surface area contributed by atoms with Gasteiger partial charge in [0.25, 0.3) is 0 Å². The molecule has 12 heteroatoms. The fourth-order valence-corrected chi connectivity index (χ4v) is 2.98. The molecule has 1 fully saturated rings. The lowest BCUT2D eigenvalue weighted by atomic mass is 10.0. The van der Waals surface area contributed by atoms with Gasteiger partial charge in [0, 0.05) is 6.54 Å². The molecule has 9 N–H and O–H groups in total. The van der Waals surface area contributed by atoms with Crippen LogP contribution in [-0.4, -0.2) is 72.5 Å². The summed E-state index contributed by atoms with van der Waals surface area (Å²) in [5.74, 6) is -3.00. The number of hydrogen-bond acceptors (Lipinski definition) is 6. The van der Waals surface area contributed by atoms with Crippen LogP contribution >= 0.6 is 0 Å². The Kier molecular flexibility index (Phi) is 10.6. The summed E-state index contributed by atoms with van der Waals surface area (Å²) in [7, 11) is 0. The Bertz CT molecular complexity index is 643. The Hall–Kier alpha value is -2.89. The highest BCUT2D eigenvalue weighted by Gasteiger charge is 2.28. The summed E-state index contributed by atoms with van der Waals surface area (Å²) >= 11 is 0. The van der Waals surface area contributed by atoms with Crippen molar-refractivity contribution in [3.63, 3.8) is 0 Å². The van der Waals surface area contributed by atoms with E-state index in [0.29, 0.717) is 19.4 Å². The molecular formula is C18H33N7O5. The first-order valence-electron chi connectivity index (χ1n) is 10.0. The van der Waals surface area contributed by atoms with Crippen molar-refractivity contribution in [1.82, 2.24) is 21.3 Å². The summed E-state index contributed by atoms with van der Waals surface area (Å²) in [6, 6.07) is -2.29. The van der Waals surface area contributed by atoms with E-state index in [-0.39, 0.29) is 30.2 Å². The van der Waals surface area contributed by atoms with Gasteiger partial charge in [0.1, 0.15) is 12.1 Å². The number of nitrogens with one attached hydrogen (secondary N) is 4. The van der Waals surface area contributed by atoms with Crippen LogP contribution in [0.2, 0.25) is 0 Å². The van der Waals surface area contributed by atoms with Crippen LogP contribution in [0.3, 0.4) is 0 Å². The van der Waals surface area contributed by atoms with Gasteiger partial charge >= 0.3 is 5.97 Å². The van der Waals surface area contributed by atoms with Crippen molar-refractivity contribution in [2.75, 3.05) is 19.6 Å². The van der Waals surface area contributed by atoms with Gasteiger partial charge in [0.2, 0.25) is 17.7 Å². The highest BCUT2D eigenvalue weighted by Crippen LogP contribution is 2.07. The molecule has 0 aliphatic carbocycles. The second kappa shape index (κ2) is 12.6. The average molecular weight is 428 g/mol. The quantitative estimate of drug-likeness (QED) is 0.102. The number of rotatable bonds is 12. The molecule has 3 atom stereocenters. The highest BCUT2D eigenvalue weighted by molar-refractivity contribution is 5.92. The summed E-state index contributed by atoms with van der Waals surface area (Å²) in [5, 5.41) is 19.7. The number of hydrogen-bond donors (Lipinski definition) is 7. The average Bonchev–Trinajstić information content (AvgIpc) is 3.20. The number of carbonyl (C=O) groups is 4. The molecule has 1 saturated heterocycles. The summed E-state index contributed by atoms with van der Waals surface area (Å²) in [4.78, 5) is 52.0. The van der Waals surface area contributed by atoms with Crippen LogP contribution in [0.25, 0.3) is 0 Å². The number of amides is 3. The van der Waals surface area contributed by atoms with Gasteiger partial charge < -0.3 is 37.8 Å². The van der Waals surface area contributed by atoms with E-state index in [2.05, 4.69) is 26.3 Å². The van der Waals surface area contributed by atoms with Gasteiger partial charge in [-0.25, -0.2) is 4.79 Å². The molecular weight excluding hydrogens is 394 g/mol. The molecule has 0 radical (unpaired) electrons. The lowest BCUT2D eigenvalue weighted by Crippen LogP contribution is -2.53. The molecule has 0 aromatic heterocycles. The van der Waals surface area contributed by atoms with Crippen molar-refractivity contribution in [1.29, 1.82) is 0 Å². The Balaban J connectivity index is 2.63. The Morgan fingerprint density at radius 1 is 1.20 bits per heavy atom. The van der Waals surface area contributed by atoms with Gasteiger partial charge in [-0.2, -0.15) is 0 Å². The minimum atomic E-state index is -1.15. The van der Waals surface area contributed by atoms with E-state index in [1.54, 1.807) is 13.8 Å². The summed E-state index contributed by atoms with van der Waals surface area (Å²) < 4.78 is 0. The van der Waals surface area contributed by atoms with Crippen LogP contribution in [0.1, 0.15) is 39.5 Å². The van der Waals surface area contributed by atoms with Crippen LogP contribution < -0.4 is 32.7 Å². The number of carbonyl (C=O) groups excluding carboxylic acids is 3. The van der Waals surface area contributed by atoms with E-state index in [0.717, 1.165) is 13.0 Å². The van der Waals surface area contributed by atoms with Crippen molar-refractivity contribution in [2.24, 2.45) is 22.4 Å². The van der Waals surface area contributed by atoms with Gasteiger partial charge in [0.15, 0.2) is 5.96 Å². The van der Waals surface area contributed by atoms with Crippen molar-refractivity contribution in [3.8, 4) is 0 Å². The Morgan fingerprint density at radius 2 is 1.90 bits per heavy atom. The number of carboxylic acid groups (broad SMARTS) is 1. The van der Waals surface area contributed by atoms with Crippen molar-refractivity contribution >= 4 is 29.7 Å². The van der Waals surface area contributed by atoms with E-state index in [1.807, 2.05) is 0 Å². The molecule has 3 amide bonds. The van der Waals surface area contributed by atoms with Gasteiger partial charge in [-0.3, -0.25) is 19.4 Å². The second-order valence-corrected chi connectivity index (χ2v) is 7.50. The largest absolute Gasteiger partial charge is 0.480 e. The standard InChI is InChI=1S/C18H33N7O5/c1-10(2)14(17(29)30)25-13(26)9-23-15(27)12(6-4-8-22-18(19)20)24-16(28)11-5-3-7-21-11/h10-12,14,21H,3-9H2,1-2H3,(H,23,27)(H,24,28)(H,25,26)(H,29,30)(H4,19,20,22). The molecule has 3 unspecified atom stereocenters. The molecule has 0 saturated carbocycles. The van der Waals surface area contributed by atoms with Crippen LogP contribution in [0.15, 0.2) is 4.99 Å². The highest BCUT2D eigenvalue weighted by atomic mass is 16.4. The predicted molar refractivity (Wildman–Crippen MR) is 110 cm³/mol. The molecule has 1 heterocycles. The zero-order valence-corrected chi connectivity index (χ0v) is 17.4. The fraction of sp³-hybridized carbons (Fsp3) is 0.722. The van der Waals surface area contributed by atoms with Gasteiger partial charge in [-0.1, -0.05) is 13.8 Å². The first kappa shape index (κ1) is 25.1. The number of nitrogens with zero attached hydrogens (tertiary/aromatic N) is 1. The number of nitrogens with two attached hydrogens (primary N) is 2. The number of aliphatic imine (C=N–C) groups is 1. The SMILES string of the molecule is CC(C)C(NC(=O)CNC(=O)C(CCCN=C(N)N)NC(=O)C1CCCN1)C(=O)O. The zero-order chi connectivity index (χ0) is 22.7. The zero-order valence-electron chi connectivity index (χ0n) is 17.4. The van der Waals surface area contributed by atoms with E-state index in [4.69, 9.17) is 16.6 Å². The molecule has 1 aliphatic rings. The number of guanidine groups is 1. The molecule has 0 spiro atoms. The number of aliphatic carboxylic acids is 1.